The molecule has 0 saturated carbocycles. The van der Waals surface area contributed by atoms with Crippen LogP contribution in [0, 0.1) is 0 Å². The van der Waals surface area contributed by atoms with E-state index in [1.54, 1.807) is 0 Å². The molecule has 6 heteroatoms. The molecule has 1 aliphatic carbocycles. The fraction of sp³-hybridized carbons (Fsp3) is 0.421. The zero-order valence-corrected chi connectivity index (χ0v) is 14.8. The van der Waals surface area contributed by atoms with Gasteiger partial charge < -0.3 is 19.1 Å². The molecule has 25 heavy (non-hydrogen) atoms. The Kier molecular flexibility index (Phi) is 4.48. The number of nitrogens with zero attached hydrogens (tertiary/aromatic N) is 1. The summed E-state index contributed by atoms with van der Waals surface area (Å²) in [6.45, 7) is 3.60. The molecule has 0 N–H and O–H groups in total. The lowest BCUT2D eigenvalue weighted by atomic mass is 9.89. The number of allylic oxidation sites excluding steroid dienone is 1. The quantitative estimate of drug-likeness (QED) is 0.650. The van der Waals surface area contributed by atoms with Crippen LogP contribution < -0.4 is 9.47 Å². The van der Waals surface area contributed by atoms with E-state index in [2.05, 4.69) is 0 Å². The van der Waals surface area contributed by atoms with Crippen LogP contribution in [-0.2, 0) is 14.3 Å². The maximum atomic E-state index is 12.8. The molecule has 2 heterocycles. The molecule has 0 bridgehead atoms. The average molecular weight is 359 g/mol. The second-order valence-corrected chi connectivity index (χ2v) is 7.10. The van der Waals surface area contributed by atoms with Gasteiger partial charge in [-0.25, -0.2) is 0 Å². The zero-order valence-electron chi connectivity index (χ0n) is 13.9. The highest BCUT2D eigenvalue weighted by Gasteiger charge is 2.30. The molecule has 1 unspecified atom stereocenters. The number of fused-ring (bicyclic) bond motifs is 1. The van der Waals surface area contributed by atoms with Crippen molar-refractivity contribution < 1.29 is 19.0 Å². The molecule has 0 radical (unpaired) electrons. The van der Waals surface area contributed by atoms with E-state index in [1.165, 1.54) is 0 Å². The molecule has 4 rings (SSSR count). The predicted octanol–water partition coefficient (Wildman–Crippen LogP) is 2.33. The van der Waals surface area contributed by atoms with E-state index < -0.39 is 4.75 Å². The number of rotatable bonds is 2. The van der Waals surface area contributed by atoms with Gasteiger partial charge in [-0.1, -0.05) is 24.3 Å². The first-order valence-corrected chi connectivity index (χ1v) is 8.99. The van der Waals surface area contributed by atoms with Crippen molar-refractivity contribution >= 4 is 18.5 Å². The van der Waals surface area contributed by atoms with Crippen molar-refractivity contribution in [3.8, 4) is 11.5 Å². The van der Waals surface area contributed by atoms with Gasteiger partial charge in [0.2, 0.25) is 5.91 Å². The summed E-state index contributed by atoms with van der Waals surface area (Å²) >= 11 is 4.87. The van der Waals surface area contributed by atoms with Gasteiger partial charge >= 0.3 is 0 Å². The molecule has 1 amide bonds. The van der Waals surface area contributed by atoms with Gasteiger partial charge in [-0.15, -0.1) is 0 Å². The zero-order chi connectivity index (χ0) is 17.3. The maximum Gasteiger partial charge on any atom is 0.250 e. The monoisotopic (exact) mass is 359 g/mol. The molecule has 1 fully saturated rings. The number of thiol groups is 1. The van der Waals surface area contributed by atoms with E-state index in [9.17, 15) is 4.79 Å². The first-order chi connectivity index (χ1) is 12.2. The summed E-state index contributed by atoms with van der Waals surface area (Å²) in [5, 5.41) is 0. The number of morpholine rings is 1. The van der Waals surface area contributed by atoms with Crippen LogP contribution in [0.25, 0.3) is 0 Å². The Hall–Kier alpha value is -1.92. The van der Waals surface area contributed by atoms with Crippen LogP contribution in [0.15, 0.2) is 42.0 Å². The maximum absolute atomic E-state index is 12.8. The molecule has 132 valence electrons. The van der Waals surface area contributed by atoms with Crippen LogP contribution in [0.3, 0.4) is 0 Å². The average Bonchev–Trinajstić information content (AvgIpc) is 2.68. The Balaban J connectivity index is 1.61. The number of amides is 1. The summed E-state index contributed by atoms with van der Waals surface area (Å²) in [4.78, 5) is 14.6. The smallest absolute Gasteiger partial charge is 0.250 e. The third-order valence-corrected chi connectivity index (χ3v) is 5.22. The largest absolute Gasteiger partial charge is 0.486 e. The highest BCUT2D eigenvalue weighted by molar-refractivity contribution is 7.81. The van der Waals surface area contributed by atoms with E-state index in [0.717, 1.165) is 22.6 Å². The van der Waals surface area contributed by atoms with Gasteiger partial charge in [-0.2, -0.15) is 12.6 Å². The van der Waals surface area contributed by atoms with Crippen LogP contribution in [0.4, 0.5) is 0 Å². The number of ether oxygens (including phenoxy) is 3. The number of carbonyl (C=O) groups is 1. The van der Waals surface area contributed by atoms with Crippen LogP contribution >= 0.6 is 12.6 Å². The van der Waals surface area contributed by atoms with E-state index in [4.69, 9.17) is 26.8 Å². The fourth-order valence-electron chi connectivity index (χ4n) is 3.33. The Morgan fingerprint density at radius 2 is 1.84 bits per heavy atom. The van der Waals surface area contributed by atoms with Crippen LogP contribution in [0.2, 0.25) is 0 Å². The Bertz CT molecular complexity index is 739. The van der Waals surface area contributed by atoms with E-state index in [-0.39, 0.29) is 5.91 Å². The highest BCUT2D eigenvalue weighted by Crippen LogP contribution is 2.41. The highest BCUT2D eigenvalue weighted by atomic mass is 32.1. The summed E-state index contributed by atoms with van der Waals surface area (Å²) in [7, 11) is 0. The summed E-state index contributed by atoms with van der Waals surface area (Å²) < 4.78 is 16.0. The molecule has 1 atom stereocenters. The molecule has 3 aliphatic rings. The fourth-order valence-corrected chi connectivity index (χ4v) is 3.73. The third-order valence-electron chi connectivity index (χ3n) is 4.68. The summed E-state index contributed by atoms with van der Waals surface area (Å²) in [6, 6.07) is 5.83. The molecule has 5 nitrogen and oxygen atoms in total. The number of benzene rings is 1. The minimum atomic E-state index is -0.634. The number of hydrogen-bond acceptors (Lipinski definition) is 5. The number of hydrogen-bond donors (Lipinski definition) is 1. The van der Waals surface area contributed by atoms with Gasteiger partial charge in [0.15, 0.2) is 11.5 Å². The van der Waals surface area contributed by atoms with E-state index in [0.29, 0.717) is 45.9 Å². The minimum Gasteiger partial charge on any atom is -0.486 e. The lowest BCUT2D eigenvalue weighted by Crippen LogP contribution is -2.41. The number of carbonyl (C=O) groups excluding carboxylic acids is 1. The van der Waals surface area contributed by atoms with Gasteiger partial charge in [-0.05, 0) is 24.1 Å². The normalized spacial score (nSPS) is 25.5. The van der Waals surface area contributed by atoms with Crippen molar-refractivity contribution in [3.05, 3.63) is 47.6 Å². The van der Waals surface area contributed by atoms with Gasteiger partial charge in [0.25, 0.3) is 0 Å². The molecule has 1 saturated heterocycles. The van der Waals surface area contributed by atoms with Gasteiger partial charge in [0.05, 0.1) is 18.0 Å². The first kappa shape index (κ1) is 16.5. The van der Waals surface area contributed by atoms with Crippen molar-refractivity contribution in [2.24, 2.45) is 0 Å². The van der Waals surface area contributed by atoms with Crippen LogP contribution in [0.5, 0.6) is 11.5 Å². The molecule has 2 aliphatic heterocycles. The lowest BCUT2D eigenvalue weighted by Gasteiger charge is -2.31. The Morgan fingerprint density at radius 1 is 1.08 bits per heavy atom. The standard InChI is InChI=1S/C19H21NO4S/c21-18(20-6-8-22-9-7-20)14-2-1-5-19(25,13-14)15-3-4-16-17(12-15)24-11-10-23-16/h1,3-5,12-13,25H,2,6-11H2. The van der Waals surface area contributed by atoms with Crippen molar-refractivity contribution in [1.29, 1.82) is 0 Å². The molecule has 1 aromatic carbocycles. The second kappa shape index (κ2) is 6.77. The van der Waals surface area contributed by atoms with E-state index >= 15 is 0 Å². The summed E-state index contributed by atoms with van der Waals surface area (Å²) in [5.74, 6) is 1.55. The Morgan fingerprint density at radius 3 is 2.64 bits per heavy atom. The summed E-state index contributed by atoms with van der Waals surface area (Å²) in [6.07, 6.45) is 6.62. The van der Waals surface area contributed by atoms with Gasteiger partial charge in [0, 0.05) is 18.7 Å². The molecule has 0 aromatic heterocycles. The van der Waals surface area contributed by atoms with E-state index in [1.807, 2.05) is 41.3 Å². The topological polar surface area (TPSA) is 48.0 Å². The van der Waals surface area contributed by atoms with Crippen molar-refractivity contribution in [2.45, 2.75) is 11.2 Å². The van der Waals surface area contributed by atoms with Gasteiger partial charge in [-0.3, -0.25) is 4.79 Å². The first-order valence-electron chi connectivity index (χ1n) is 8.55. The van der Waals surface area contributed by atoms with Crippen LogP contribution in [0.1, 0.15) is 12.0 Å². The molecular weight excluding hydrogens is 338 g/mol. The van der Waals surface area contributed by atoms with Gasteiger partial charge in [0.1, 0.15) is 13.2 Å². The van der Waals surface area contributed by atoms with Crippen molar-refractivity contribution in [2.75, 3.05) is 39.5 Å². The second-order valence-electron chi connectivity index (χ2n) is 6.36. The Labute approximate surface area is 152 Å². The predicted molar refractivity (Wildman–Crippen MR) is 97.3 cm³/mol. The van der Waals surface area contributed by atoms with Crippen molar-refractivity contribution in [1.82, 2.24) is 4.90 Å². The SMILES string of the molecule is O=C(C1=CC(S)(c2ccc3c(c2)OCCO3)C=CC1)N1CCOCC1. The lowest BCUT2D eigenvalue weighted by molar-refractivity contribution is -0.131. The van der Waals surface area contributed by atoms with Crippen LogP contribution in [-0.4, -0.2) is 50.3 Å². The molecule has 0 spiro atoms. The molecule has 1 aromatic rings. The third kappa shape index (κ3) is 3.28. The molecular formula is C19H21NO4S. The minimum absolute atomic E-state index is 0.0728. The van der Waals surface area contributed by atoms with Crippen molar-refractivity contribution in [3.63, 3.8) is 0 Å². The summed E-state index contributed by atoms with van der Waals surface area (Å²) in [5.41, 5.74) is 1.73.